The Bertz CT molecular complexity index is 359. The molecular formula is C9H14BrClN2O2S. The molecule has 0 unspecified atom stereocenters. The van der Waals surface area contributed by atoms with E-state index in [9.17, 15) is 4.79 Å². The van der Waals surface area contributed by atoms with E-state index in [2.05, 4.69) is 21.2 Å². The Hall–Kier alpha value is -0.300. The molecule has 0 saturated heterocycles. The molecule has 0 aliphatic rings. The molecule has 1 atom stereocenters. The van der Waals surface area contributed by atoms with Crippen LogP contribution in [0.5, 0.6) is 5.75 Å². The van der Waals surface area contributed by atoms with Crippen LogP contribution in [0.15, 0.2) is 9.85 Å². The lowest BCUT2D eigenvalue weighted by molar-refractivity contribution is 0.0945. The second kappa shape index (κ2) is 7.11. The van der Waals surface area contributed by atoms with E-state index in [0.717, 1.165) is 3.79 Å². The molecule has 0 aliphatic carbocycles. The highest BCUT2D eigenvalue weighted by Gasteiger charge is 2.14. The van der Waals surface area contributed by atoms with Gasteiger partial charge in [0.15, 0.2) is 0 Å². The van der Waals surface area contributed by atoms with Crippen molar-refractivity contribution in [2.75, 3.05) is 13.7 Å². The average molecular weight is 330 g/mol. The second-order valence-electron chi connectivity index (χ2n) is 3.06. The molecule has 1 aromatic rings. The van der Waals surface area contributed by atoms with Crippen LogP contribution >= 0.6 is 39.7 Å². The summed E-state index contributed by atoms with van der Waals surface area (Å²) in [6, 6.07) is 1.68. The number of ether oxygens (including phenoxy) is 1. The molecule has 1 heterocycles. The molecule has 1 rings (SSSR count). The van der Waals surface area contributed by atoms with Gasteiger partial charge < -0.3 is 15.8 Å². The van der Waals surface area contributed by atoms with Gasteiger partial charge in [0.05, 0.1) is 12.0 Å². The summed E-state index contributed by atoms with van der Waals surface area (Å²) in [6.45, 7) is 2.28. The van der Waals surface area contributed by atoms with Crippen molar-refractivity contribution in [2.45, 2.75) is 13.0 Å². The number of nitrogens with two attached hydrogens (primary N) is 1. The van der Waals surface area contributed by atoms with E-state index in [1.165, 1.54) is 11.3 Å². The summed E-state index contributed by atoms with van der Waals surface area (Å²) in [6.07, 6.45) is 0. The minimum atomic E-state index is -0.123. The zero-order chi connectivity index (χ0) is 11.4. The Labute approximate surface area is 113 Å². The Morgan fingerprint density at radius 1 is 1.75 bits per heavy atom. The van der Waals surface area contributed by atoms with Gasteiger partial charge >= 0.3 is 0 Å². The van der Waals surface area contributed by atoms with Crippen molar-refractivity contribution in [3.8, 4) is 5.75 Å². The lowest BCUT2D eigenvalue weighted by Gasteiger charge is -2.09. The highest BCUT2D eigenvalue weighted by molar-refractivity contribution is 9.11. The van der Waals surface area contributed by atoms with Gasteiger partial charge in [-0.3, -0.25) is 4.79 Å². The summed E-state index contributed by atoms with van der Waals surface area (Å²) in [7, 11) is 1.57. The topological polar surface area (TPSA) is 64.3 Å². The molecule has 3 N–H and O–H groups in total. The maximum absolute atomic E-state index is 11.7. The molecule has 7 heteroatoms. The van der Waals surface area contributed by atoms with Gasteiger partial charge in [0.25, 0.3) is 5.91 Å². The van der Waals surface area contributed by atoms with Crippen molar-refractivity contribution in [2.24, 2.45) is 5.73 Å². The van der Waals surface area contributed by atoms with Crippen LogP contribution in [0.3, 0.4) is 0 Å². The van der Waals surface area contributed by atoms with Crippen molar-refractivity contribution in [1.82, 2.24) is 5.32 Å². The smallest absolute Gasteiger partial charge is 0.261 e. The molecule has 4 nitrogen and oxygen atoms in total. The number of hydrogen-bond donors (Lipinski definition) is 2. The fourth-order valence-electron chi connectivity index (χ4n) is 0.957. The first-order valence-corrected chi connectivity index (χ1v) is 6.03. The SMILES string of the molecule is COc1cc(C(=O)N[C@@H](C)CN)sc1Br.Cl. The molecule has 92 valence electrons. The summed E-state index contributed by atoms with van der Waals surface area (Å²) in [5.41, 5.74) is 5.41. The zero-order valence-corrected chi connectivity index (χ0v) is 12.2. The van der Waals surface area contributed by atoms with Gasteiger partial charge in [0, 0.05) is 18.7 Å². The van der Waals surface area contributed by atoms with Crippen molar-refractivity contribution in [1.29, 1.82) is 0 Å². The van der Waals surface area contributed by atoms with Crippen LogP contribution in [0.2, 0.25) is 0 Å². The lowest BCUT2D eigenvalue weighted by Crippen LogP contribution is -2.37. The minimum absolute atomic E-state index is 0. The van der Waals surface area contributed by atoms with Crippen molar-refractivity contribution in [3.63, 3.8) is 0 Å². The largest absolute Gasteiger partial charge is 0.495 e. The molecule has 0 aromatic carbocycles. The number of carbonyl (C=O) groups excluding carboxylic acids is 1. The van der Waals surface area contributed by atoms with Crippen molar-refractivity contribution in [3.05, 3.63) is 14.7 Å². The summed E-state index contributed by atoms with van der Waals surface area (Å²) in [5.74, 6) is 0.549. The third-order valence-corrected chi connectivity index (χ3v) is 3.61. The summed E-state index contributed by atoms with van der Waals surface area (Å²) >= 11 is 4.66. The number of halogens is 2. The molecule has 0 radical (unpaired) electrons. The molecule has 0 spiro atoms. The van der Waals surface area contributed by atoms with Gasteiger partial charge in [-0.15, -0.1) is 23.7 Å². The van der Waals surface area contributed by atoms with Gasteiger partial charge in [-0.1, -0.05) is 0 Å². The maximum atomic E-state index is 11.7. The van der Waals surface area contributed by atoms with Crippen LogP contribution in [-0.2, 0) is 0 Å². The number of rotatable bonds is 4. The highest BCUT2D eigenvalue weighted by Crippen LogP contribution is 2.34. The summed E-state index contributed by atoms with van der Waals surface area (Å²) in [5, 5.41) is 2.78. The molecule has 0 fully saturated rings. The van der Waals surface area contributed by atoms with Gasteiger partial charge in [0.1, 0.15) is 9.54 Å². The molecule has 0 aliphatic heterocycles. The van der Waals surface area contributed by atoms with E-state index in [1.807, 2.05) is 6.92 Å². The molecule has 0 saturated carbocycles. The van der Waals surface area contributed by atoms with Gasteiger partial charge in [-0.25, -0.2) is 0 Å². The molecular weight excluding hydrogens is 316 g/mol. The summed E-state index contributed by atoms with van der Waals surface area (Å²) in [4.78, 5) is 12.3. The zero-order valence-electron chi connectivity index (χ0n) is 8.95. The average Bonchev–Trinajstić information content (AvgIpc) is 2.59. The maximum Gasteiger partial charge on any atom is 0.261 e. The van der Waals surface area contributed by atoms with Crippen LogP contribution < -0.4 is 15.8 Å². The van der Waals surface area contributed by atoms with Crippen LogP contribution in [-0.4, -0.2) is 25.6 Å². The van der Waals surface area contributed by atoms with Crippen molar-refractivity contribution >= 4 is 45.6 Å². The first kappa shape index (κ1) is 15.7. The lowest BCUT2D eigenvalue weighted by atomic mass is 10.3. The van der Waals surface area contributed by atoms with Gasteiger partial charge in [-0.2, -0.15) is 0 Å². The predicted molar refractivity (Wildman–Crippen MR) is 71.8 cm³/mol. The Morgan fingerprint density at radius 2 is 2.38 bits per heavy atom. The van der Waals surface area contributed by atoms with Crippen LogP contribution in [0.25, 0.3) is 0 Å². The fraction of sp³-hybridized carbons (Fsp3) is 0.444. The monoisotopic (exact) mass is 328 g/mol. The van der Waals surface area contributed by atoms with E-state index >= 15 is 0 Å². The van der Waals surface area contributed by atoms with E-state index < -0.39 is 0 Å². The standard InChI is InChI=1S/C9H13BrN2O2S.ClH/c1-5(4-11)12-9(13)7-3-6(14-2)8(10)15-7;/h3,5H,4,11H2,1-2H3,(H,12,13);1H/t5-;/m0./s1. The van der Waals surface area contributed by atoms with E-state index in [4.69, 9.17) is 10.5 Å². The summed E-state index contributed by atoms with van der Waals surface area (Å²) < 4.78 is 5.88. The Morgan fingerprint density at radius 3 is 2.81 bits per heavy atom. The third kappa shape index (κ3) is 3.93. The Kier molecular flexibility index (Phi) is 6.98. The molecule has 16 heavy (non-hydrogen) atoms. The fourth-order valence-corrected chi connectivity index (χ4v) is 2.51. The van der Waals surface area contributed by atoms with Crippen LogP contribution in [0.4, 0.5) is 0 Å². The van der Waals surface area contributed by atoms with E-state index in [-0.39, 0.29) is 24.4 Å². The number of amides is 1. The molecule has 1 aromatic heterocycles. The normalized spacial score (nSPS) is 11.5. The second-order valence-corrected chi connectivity index (χ2v) is 5.43. The van der Waals surface area contributed by atoms with Crippen LogP contribution in [0.1, 0.15) is 16.6 Å². The Balaban J connectivity index is 0.00000225. The number of methoxy groups -OCH3 is 1. The number of nitrogens with one attached hydrogen (secondary N) is 1. The van der Waals surface area contributed by atoms with Crippen molar-refractivity contribution < 1.29 is 9.53 Å². The molecule has 1 amide bonds. The van der Waals surface area contributed by atoms with Crippen LogP contribution in [0, 0.1) is 0 Å². The number of thiophene rings is 1. The third-order valence-electron chi connectivity index (χ3n) is 1.83. The first-order valence-electron chi connectivity index (χ1n) is 4.42. The van der Waals surface area contributed by atoms with Gasteiger partial charge in [0.2, 0.25) is 0 Å². The number of carbonyl (C=O) groups is 1. The van der Waals surface area contributed by atoms with Gasteiger partial charge in [-0.05, 0) is 22.9 Å². The number of hydrogen-bond acceptors (Lipinski definition) is 4. The predicted octanol–water partition coefficient (Wildman–Crippen LogP) is 2.02. The highest BCUT2D eigenvalue weighted by atomic mass is 79.9. The molecule has 0 bridgehead atoms. The quantitative estimate of drug-likeness (QED) is 0.888. The minimum Gasteiger partial charge on any atom is -0.495 e. The van der Waals surface area contributed by atoms with E-state index in [0.29, 0.717) is 17.2 Å². The van der Waals surface area contributed by atoms with E-state index in [1.54, 1.807) is 13.2 Å². The first-order chi connectivity index (χ1) is 7.08.